The van der Waals surface area contributed by atoms with Gasteiger partial charge in [0.25, 0.3) is 5.91 Å². The maximum absolute atomic E-state index is 12.9. The summed E-state index contributed by atoms with van der Waals surface area (Å²) in [6, 6.07) is 4.31. The van der Waals surface area contributed by atoms with Gasteiger partial charge in [0.05, 0.1) is 6.42 Å². The van der Waals surface area contributed by atoms with Crippen LogP contribution >= 0.6 is 0 Å². The maximum atomic E-state index is 12.9. The van der Waals surface area contributed by atoms with Gasteiger partial charge < -0.3 is 10.1 Å². The largest absolute Gasteiger partial charge is 0.454 e. The Hall–Kier alpha value is -2.77. The van der Waals surface area contributed by atoms with E-state index in [1.54, 1.807) is 13.8 Å². The molecule has 1 saturated heterocycles. The van der Waals surface area contributed by atoms with Crippen LogP contribution < -0.4 is 5.32 Å². The van der Waals surface area contributed by atoms with Crippen LogP contribution in [0, 0.1) is 5.82 Å². The van der Waals surface area contributed by atoms with Gasteiger partial charge in [-0.15, -0.1) is 0 Å². The minimum Gasteiger partial charge on any atom is -0.454 e. The van der Waals surface area contributed by atoms with E-state index in [4.69, 9.17) is 4.74 Å². The third-order valence-electron chi connectivity index (χ3n) is 3.79. The summed E-state index contributed by atoms with van der Waals surface area (Å²) >= 11 is 0. The first kappa shape index (κ1) is 18.6. The molecule has 134 valence electrons. The Bertz CT molecular complexity index is 714. The molecule has 7 nitrogen and oxygen atoms in total. The van der Waals surface area contributed by atoms with Crippen LogP contribution in [0.25, 0.3) is 0 Å². The van der Waals surface area contributed by atoms with Crippen molar-refractivity contribution in [2.75, 3.05) is 6.54 Å². The molecule has 2 rings (SSSR count). The van der Waals surface area contributed by atoms with E-state index in [1.807, 2.05) is 0 Å². The molecule has 0 aromatic heterocycles. The molecule has 0 unspecified atom stereocenters. The number of carbonyl (C=O) groups is 4. The number of urea groups is 1. The minimum absolute atomic E-state index is 0.135. The monoisotopic (exact) mass is 350 g/mol. The summed E-state index contributed by atoms with van der Waals surface area (Å²) in [5, 5.41) is 2.50. The van der Waals surface area contributed by atoms with E-state index < -0.39 is 41.2 Å². The Morgan fingerprint density at radius 3 is 2.36 bits per heavy atom. The lowest BCUT2D eigenvalue weighted by Gasteiger charge is -2.16. The Morgan fingerprint density at radius 2 is 1.84 bits per heavy atom. The second-order valence-corrected chi connectivity index (χ2v) is 6.27. The van der Waals surface area contributed by atoms with E-state index in [9.17, 15) is 23.6 Å². The molecule has 25 heavy (non-hydrogen) atoms. The van der Waals surface area contributed by atoms with Crippen molar-refractivity contribution in [3.8, 4) is 0 Å². The van der Waals surface area contributed by atoms with Crippen molar-refractivity contribution in [1.82, 2.24) is 10.2 Å². The predicted molar refractivity (Wildman–Crippen MR) is 85.2 cm³/mol. The smallest absolute Gasteiger partial charge is 0.325 e. The quantitative estimate of drug-likeness (QED) is 0.478. The van der Waals surface area contributed by atoms with E-state index in [2.05, 4.69) is 5.32 Å². The summed E-state index contributed by atoms with van der Waals surface area (Å²) in [7, 11) is 0. The zero-order chi connectivity index (χ0) is 18.8. The van der Waals surface area contributed by atoms with Gasteiger partial charge >= 0.3 is 12.0 Å². The van der Waals surface area contributed by atoms with Crippen LogP contribution in [0.3, 0.4) is 0 Å². The highest BCUT2D eigenvalue weighted by Gasteiger charge is 2.44. The number of benzene rings is 1. The van der Waals surface area contributed by atoms with Crippen molar-refractivity contribution in [3.05, 3.63) is 35.6 Å². The third-order valence-corrected chi connectivity index (χ3v) is 3.79. The highest BCUT2D eigenvalue weighted by Crippen LogP contribution is 2.17. The molecule has 1 fully saturated rings. The molecular weight excluding hydrogens is 331 g/mol. The summed E-state index contributed by atoms with van der Waals surface area (Å²) < 4.78 is 17.9. The molecule has 1 aliphatic rings. The lowest BCUT2D eigenvalue weighted by molar-refractivity contribution is -0.146. The van der Waals surface area contributed by atoms with E-state index >= 15 is 0 Å². The molecule has 1 aromatic carbocycles. The predicted octanol–water partition coefficient (Wildman–Crippen LogP) is 1.66. The van der Waals surface area contributed by atoms with Crippen LogP contribution in [0.5, 0.6) is 0 Å². The van der Waals surface area contributed by atoms with Crippen LogP contribution in [0.2, 0.25) is 0 Å². The van der Waals surface area contributed by atoms with Crippen LogP contribution in [-0.2, 0) is 14.3 Å². The molecule has 1 aromatic rings. The SMILES string of the molecule is C[C@@H](OC(=O)CCN1C(=O)NC(C)(C)C1=O)C(=O)c1ccc(F)cc1. The minimum atomic E-state index is -1.06. The number of carbonyl (C=O) groups excluding carboxylic acids is 4. The Morgan fingerprint density at radius 1 is 1.24 bits per heavy atom. The standard InChI is InChI=1S/C17H19FN2O5/c1-10(14(22)11-4-6-12(18)7-5-11)25-13(21)8-9-20-15(23)17(2,3)19-16(20)24/h4-7,10H,8-9H2,1-3H3,(H,19,24)/t10-/m1/s1. The van der Waals surface area contributed by atoms with Gasteiger partial charge in [-0.1, -0.05) is 0 Å². The summed E-state index contributed by atoms with van der Waals surface area (Å²) in [5.74, 6) is -2.09. The van der Waals surface area contributed by atoms with Gasteiger partial charge in [0.15, 0.2) is 6.10 Å². The molecule has 1 atom stereocenters. The number of ether oxygens (including phenoxy) is 1. The van der Waals surface area contributed by atoms with Gasteiger partial charge in [-0.05, 0) is 45.0 Å². The lowest BCUT2D eigenvalue weighted by atomic mass is 10.1. The molecule has 0 radical (unpaired) electrons. The van der Waals surface area contributed by atoms with Crippen molar-refractivity contribution < 1.29 is 28.3 Å². The number of ketones is 1. The number of rotatable bonds is 6. The summed E-state index contributed by atoms with van der Waals surface area (Å²) in [4.78, 5) is 48.6. The Kier molecular flexibility index (Phi) is 5.20. The van der Waals surface area contributed by atoms with Gasteiger partial charge in [-0.25, -0.2) is 9.18 Å². The molecule has 1 heterocycles. The molecule has 0 spiro atoms. The van der Waals surface area contributed by atoms with Gasteiger partial charge in [0, 0.05) is 12.1 Å². The van der Waals surface area contributed by atoms with E-state index in [0.29, 0.717) is 0 Å². The molecule has 8 heteroatoms. The first-order valence-electron chi connectivity index (χ1n) is 7.75. The van der Waals surface area contributed by atoms with Crippen LogP contribution in [-0.4, -0.2) is 46.8 Å². The summed E-state index contributed by atoms with van der Waals surface area (Å²) in [6.45, 7) is 4.40. The molecular formula is C17H19FN2O5. The second kappa shape index (κ2) is 7.00. The number of nitrogens with zero attached hydrogens (tertiary/aromatic N) is 1. The highest BCUT2D eigenvalue weighted by atomic mass is 19.1. The number of nitrogens with one attached hydrogen (secondary N) is 1. The Labute approximate surface area is 144 Å². The van der Waals surface area contributed by atoms with Gasteiger partial charge in [-0.3, -0.25) is 19.3 Å². The van der Waals surface area contributed by atoms with Crippen LogP contribution in [0.1, 0.15) is 37.6 Å². The van der Waals surface area contributed by atoms with Crippen molar-refractivity contribution in [2.45, 2.75) is 38.8 Å². The first-order valence-corrected chi connectivity index (χ1v) is 7.75. The zero-order valence-corrected chi connectivity index (χ0v) is 14.2. The first-order chi connectivity index (χ1) is 11.6. The molecule has 1 aliphatic heterocycles. The topological polar surface area (TPSA) is 92.8 Å². The van der Waals surface area contributed by atoms with Crippen molar-refractivity contribution in [2.24, 2.45) is 0 Å². The normalized spacial score (nSPS) is 17.2. The number of hydrogen-bond donors (Lipinski definition) is 1. The molecule has 0 bridgehead atoms. The van der Waals surface area contributed by atoms with Crippen LogP contribution in [0.15, 0.2) is 24.3 Å². The number of imide groups is 1. The number of amides is 3. The number of halogens is 1. The molecule has 3 amide bonds. The fourth-order valence-electron chi connectivity index (χ4n) is 2.38. The maximum Gasteiger partial charge on any atom is 0.325 e. The van der Waals surface area contributed by atoms with E-state index in [0.717, 1.165) is 17.0 Å². The zero-order valence-electron chi connectivity index (χ0n) is 14.2. The van der Waals surface area contributed by atoms with Crippen molar-refractivity contribution >= 4 is 23.7 Å². The van der Waals surface area contributed by atoms with Crippen molar-refractivity contribution in [3.63, 3.8) is 0 Å². The number of Topliss-reactive ketones (excluding diaryl/α,β-unsaturated/α-hetero) is 1. The highest BCUT2D eigenvalue weighted by molar-refractivity contribution is 6.06. The fourth-order valence-corrected chi connectivity index (χ4v) is 2.38. The van der Waals surface area contributed by atoms with Crippen molar-refractivity contribution in [1.29, 1.82) is 0 Å². The number of esters is 1. The van der Waals surface area contributed by atoms with Gasteiger partial charge in [-0.2, -0.15) is 0 Å². The summed E-state index contributed by atoms with van der Waals surface area (Å²) in [6.07, 6.45) is -1.28. The molecule has 0 aliphatic carbocycles. The van der Waals surface area contributed by atoms with Gasteiger partial charge in [0.2, 0.25) is 5.78 Å². The summed E-state index contributed by atoms with van der Waals surface area (Å²) in [5.41, 5.74) is -0.787. The molecule has 1 N–H and O–H groups in total. The molecule has 0 saturated carbocycles. The lowest BCUT2D eigenvalue weighted by Crippen LogP contribution is -2.40. The van der Waals surface area contributed by atoms with Crippen LogP contribution in [0.4, 0.5) is 9.18 Å². The average Bonchev–Trinajstić information content (AvgIpc) is 2.73. The third kappa shape index (κ3) is 4.20. The van der Waals surface area contributed by atoms with Gasteiger partial charge in [0.1, 0.15) is 11.4 Å². The average molecular weight is 350 g/mol. The second-order valence-electron chi connectivity index (χ2n) is 6.27. The fraction of sp³-hybridized carbons (Fsp3) is 0.412. The Balaban J connectivity index is 1.87. The number of hydrogen-bond acceptors (Lipinski definition) is 5. The van der Waals surface area contributed by atoms with E-state index in [-0.39, 0.29) is 18.5 Å². The van der Waals surface area contributed by atoms with E-state index in [1.165, 1.54) is 19.1 Å².